The molecule has 4 aromatic rings. The van der Waals surface area contributed by atoms with Gasteiger partial charge in [-0.15, -0.1) is 13.2 Å². The van der Waals surface area contributed by atoms with E-state index >= 15 is 0 Å². The van der Waals surface area contributed by atoms with E-state index in [-0.39, 0.29) is 5.75 Å². The molecular weight excluding hydrogens is 498 g/mol. The van der Waals surface area contributed by atoms with Crippen LogP contribution in [0.2, 0.25) is 5.02 Å². The normalized spacial score (nSPS) is 11.0. The molecule has 5 nitrogen and oxygen atoms in total. The van der Waals surface area contributed by atoms with E-state index in [0.29, 0.717) is 29.2 Å². The largest absolute Gasteiger partial charge is 0.497 e. The van der Waals surface area contributed by atoms with Gasteiger partial charge in [-0.1, -0.05) is 31.5 Å². The number of rotatable bonds is 8. The fraction of sp³-hybridized carbons (Fsp3) is 0.214. The fourth-order valence-corrected chi connectivity index (χ4v) is 4.10. The number of halogens is 2. The number of fused-ring (bicyclic) bond motifs is 1. The minimum Gasteiger partial charge on any atom is -0.497 e. The monoisotopic (exact) mass is 530 g/mol. The first kappa shape index (κ1) is 29.2. The number of nitrogens with one attached hydrogen (secondary N) is 2. The molecular formula is C28H33ClFN2O3P. The molecule has 8 heteroatoms. The number of aromatic nitrogens is 1. The van der Waals surface area contributed by atoms with Gasteiger partial charge in [-0.25, -0.2) is 4.39 Å². The first-order valence-corrected chi connectivity index (χ1v) is 12.4. The molecule has 1 aromatic heterocycles. The van der Waals surface area contributed by atoms with Gasteiger partial charge in [0.1, 0.15) is 11.9 Å². The zero-order valence-electron chi connectivity index (χ0n) is 20.8. The smallest absolute Gasteiger partial charge is 0.165 e. The van der Waals surface area contributed by atoms with Crippen LogP contribution in [-0.4, -0.2) is 23.7 Å². The van der Waals surface area contributed by atoms with Crippen molar-refractivity contribution in [3.63, 3.8) is 0 Å². The van der Waals surface area contributed by atoms with Crippen LogP contribution in [-0.2, 0) is 6.42 Å². The maximum atomic E-state index is 14.2. The number of H-pyrrole nitrogens is 1. The summed E-state index contributed by atoms with van der Waals surface area (Å²) in [5, 5.41) is 16.0. The number of methoxy groups -OCH3 is 1. The molecule has 192 valence electrons. The van der Waals surface area contributed by atoms with Gasteiger partial charge < -0.3 is 24.7 Å². The lowest BCUT2D eigenvalue weighted by Crippen LogP contribution is -2.09. The Hall–Kier alpha value is -3.05. The third-order valence-electron chi connectivity index (χ3n) is 5.37. The average molecular weight is 531 g/mol. The average Bonchev–Trinajstić information content (AvgIpc) is 3.28. The van der Waals surface area contributed by atoms with Gasteiger partial charge in [0.05, 0.1) is 22.3 Å². The van der Waals surface area contributed by atoms with Crippen molar-refractivity contribution < 1.29 is 18.8 Å². The zero-order valence-corrected chi connectivity index (χ0v) is 22.7. The Morgan fingerprint density at radius 3 is 2.39 bits per heavy atom. The number of hydrogen-bond donors (Lipinski definition) is 3. The second kappa shape index (κ2) is 14.5. The first-order valence-electron chi connectivity index (χ1n) is 11.5. The number of benzene rings is 3. The van der Waals surface area contributed by atoms with E-state index in [9.17, 15) is 9.50 Å². The highest BCUT2D eigenvalue weighted by Gasteiger charge is 2.21. The van der Waals surface area contributed by atoms with Crippen LogP contribution in [0.3, 0.4) is 0 Å². The molecule has 0 bridgehead atoms. The SMILES string of the molecule is C=C.CC.COc1ccc(NCCc2c(C(O)c3ccc(OP)c(F)c3)[nH]c3ccc(Cl)cc23)cc1. The van der Waals surface area contributed by atoms with E-state index in [1.54, 1.807) is 19.2 Å². The van der Waals surface area contributed by atoms with Crippen LogP contribution in [0.15, 0.2) is 73.8 Å². The summed E-state index contributed by atoms with van der Waals surface area (Å²) in [6, 6.07) is 17.6. The van der Waals surface area contributed by atoms with Crippen LogP contribution in [0.1, 0.15) is 36.8 Å². The Labute approximate surface area is 219 Å². The maximum Gasteiger partial charge on any atom is 0.165 e. The number of anilines is 1. The fourth-order valence-electron chi connectivity index (χ4n) is 3.73. The van der Waals surface area contributed by atoms with E-state index < -0.39 is 11.9 Å². The summed E-state index contributed by atoms with van der Waals surface area (Å²) < 4.78 is 24.3. The summed E-state index contributed by atoms with van der Waals surface area (Å²) in [6.07, 6.45) is -0.418. The van der Waals surface area contributed by atoms with Crippen molar-refractivity contribution in [1.82, 2.24) is 4.98 Å². The molecule has 0 amide bonds. The minimum absolute atomic E-state index is 0.0956. The minimum atomic E-state index is -1.04. The number of aliphatic hydroxyl groups excluding tert-OH is 1. The van der Waals surface area contributed by atoms with Crippen LogP contribution in [0.4, 0.5) is 10.1 Å². The van der Waals surface area contributed by atoms with Gasteiger partial charge in [0.15, 0.2) is 11.6 Å². The highest BCUT2D eigenvalue weighted by molar-refractivity contribution is 7.10. The molecule has 2 unspecified atom stereocenters. The van der Waals surface area contributed by atoms with Gasteiger partial charge >= 0.3 is 0 Å². The number of aliphatic hydroxyl groups is 1. The lowest BCUT2D eigenvalue weighted by molar-refractivity contribution is 0.214. The van der Waals surface area contributed by atoms with Crippen molar-refractivity contribution in [3.05, 3.63) is 101 Å². The summed E-state index contributed by atoms with van der Waals surface area (Å²) >= 11 is 6.24. The lowest BCUT2D eigenvalue weighted by atomic mass is 9.99. The molecule has 0 aliphatic heterocycles. The van der Waals surface area contributed by atoms with E-state index in [1.807, 2.05) is 59.7 Å². The summed E-state index contributed by atoms with van der Waals surface area (Å²) in [5.74, 6) is 0.342. The second-order valence-electron chi connectivity index (χ2n) is 7.32. The molecule has 0 aliphatic rings. The van der Waals surface area contributed by atoms with Crippen molar-refractivity contribution in [2.75, 3.05) is 19.0 Å². The maximum absolute atomic E-state index is 14.2. The van der Waals surface area contributed by atoms with Crippen molar-refractivity contribution in [1.29, 1.82) is 0 Å². The molecule has 0 fully saturated rings. The highest BCUT2D eigenvalue weighted by Crippen LogP contribution is 2.34. The molecule has 0 saturated carbocycles. The molecule has 3 N–H and O–H groups in total. The summed E-state index contributed by atoms with van der Waals surface area (Å²) in [5.41, 5.74) is 3.77. The van der Waals surface area contributed by atoms with Gasteiger partial charge in [0, 0.05) is 28.2 Å². The van der Waals surface area contributed by atoms with Gasteiger partial charge in [0.25, 0.3) is 0 Å². The van der Waals surface area contributed by atoms with E-state index in [4.69, 9.17) is 20.9 Å². The predicted molar refractivity (Wildman–Crippen MR) is 152 cm³/mol. The molecule has 4 rings (SSSR count). The molecule has 0 radical (unpaired) electrons. The van der Waals surface area contributed by atoms with Crippen LogP contribution in [0, 0.1) is 5.82 Å². The second-order valence-corrected chi connectivity index (χ2v) is 7.99. The Kier molecular flexibility index (Phi) is 11.7. The van der Waals surface area contributed by atoms with Crippen molar-refractivity contribution >= 4 is 37.7 Å². The summed E-state index contributed by atoms with van der Waals surface area (Å²) in [6.45, 7) is 10.6. The van der Waals surface area contributed by atoms with Gasteiger partial charge in [-0.3, -0.25) is 0 Å². The van der Waals surface area contributed by atoms with E-state index in [2.05, 4.69) is 23.5 Å². The number of hydrogen-bond acceptors (Lipinski definition) is 4. The zero-order chi connectivity index (χ0) is 26.7. The molecule has 2 atom stereocenters. The van der Waals surface area contributed by atoms with Gasteiger partial charge in [-0.2, -0.15) is 0 Å². The topological polar surface area (TPSA) is 66.5 Å². The first-order chi connectivity index (χ1) is 17.5. The third kappa shape index (κ3) is 7.01. The molecule has 0 spiro atoms. The highest BCUT2D eigenvalue weighted by atomic mass is 35.5. The standard InChI is InChI=1S/C24H23ClFN2O3P.C2H6.C2H4/c1-30-17-6-4-16(5-7-17)27-11-10-18-19-13-15(25)3-8-21(19)28-23(18)24(29)14-2-9-22(31-32)20(26)12-14;2*1-2/h2-9,12-13,24,27-29H,10-11,32H2,1H3;1-2H3;1-2H2. The van der Waals surface area contributed by atoms with Crippen molar-refractivity contribution in [2.24, 2.45) is 0 Å². The molecule has 36 heavy (non-hydrogen) atoms. The van der Waals surface area contributed by atoms with Crippen molar-refractivity contribution in [3.8, 4) is 11.5 Å². The number of ether oxygens (including phenoxy) is 1. The predicted octanol–water partition coefficient (Wildman–Crippen LogP) is 7.70. The van der Waals surface area contributed by atoms with E-state index in [1.165, 1.54) is 12.1 Å². The van der Waals surface area contributed by atoms with Crippen molar-refractivity contribution in [2.45, 2.75) is 26.4 Å². The Bertz CT molecular complexity index is 1250. The lowest BCUT2D eigenvalue weighted by Gasteiger charge is -2.14. The van der Waals surface area contributed by atoms with Crippen LogP contribution >= 0.6 is 21.1 Å². The van der Waals surface area contributed by atoms with Crippen LogP contribution < -0.4 is 14.6 Å². The third-order valence-corrected chi connectivity index (χ3v) is 5.86. The van der Waals surface area contributed by atoms with E-state index in [0.717, 1.165) is 27.9 Å². The Balaban J connectivity index is 0.00000109. The van der Waals surface area contributed by atoms with Gasteiger partial charge in [-0.05, 0) is 72.1 Å². The van der Waals surface area contributed by atoms with Crippen LogP contribution in [0.25, 0.3) is 10.9 Å². The molecule has 3 aromatic carbocycles. The molecule has 0 aliphatic carbocycles. The quantitative estimate of drug-likeness (QED) is 0.161. The summed E-state index contributed by atoms with van der Waals surface area (Å²) in [7, 11) is 3.65. The van der Waals surface area contributed by atoms with Crippen LogP contribution in [0.5, 0.6) is 11.5 Å². The van der Waals surface area contributed by atoms with Gasteiger partial charge in [0.2, 0.25) is 0 Å². The molecule has 0 saturated heterocycles. The summed E-state index contributed by atoms with van der Waals surface area (Å²) in [4.78, 5) is 3.29. The molecule has 1 heterocycles. The Morgan fingerprint density at radius 1 is 1.08 bits per heavy atom. The number of aromatic amines is 1. The Morgan fingerprint density at radius 2 is 1.78 bits per heavy atom.